The first-order valence-corrected chi connectivity index (χ1v) is 7.59. The fourth-order valence-corrected chi connectivity index (χ4v) is 2.37. The molecule has 0 saturated heterocycles. The molecular formula is C18H14FN3O4. The maximum atomic E-state index is 13.4. The van der Waals surface area contributed by atoms with E-state index >= 15 is 0 Å². The standard InChI is InChI=1S/C18H14FN3O4/c1-26-15(23)9-21-18(25)16-17(24)12-5-6-13(22-14(12)8-20-16)10-3-2-4-11(19)7-10/h2-8,24H,9H2,1H3,(H,21,25). The van der Waals surface area contributed by atoms with Crippen LogP contribution in [0, 0.1) is 5.82 Å². The zero-order valence-electron chi connectivity index (χ0n) is 13.7. The maximum Gasteiger partial charge on any atom is 0.325 e. The Hall–Kier alpha value is -3.55. The molecule has 2 heterocycles. The van der Waals surface area contributed by atoms with Gasteiger partial charge in [-0.25, -0.2) is 14.4 Å². The molecule has 132 valence electrons. The van der Waals surface area contributed by atoms with Crippen LogP contribution in [0.1, 0.15) is 10.5 Å². The van der Waals surface area contributed by atoms with Crippen LogP contribution < -0.4 is 5.32 Å². The number of aromatic hydroxyl groups is 1. The average molecular weight is 355 g/mol. The largest absolute Gasteiger partial charge is 0.505 e. The molecule has 1 aromatic carbocycles. The van der Waals surface area contributed by atoms with Gasteiger partial charge in [0.2, 0.25) is 0 Å². The summed E-state index contributed by atoms with van der Waals surface area (Å²) >= 11 is 0. The first kappa shape index (κ1) is 17.3. The van der Waals surface area contributed by atoms with Gasteiger partial charge < -0.3 is 15.2 Å². The zero-order valence-corrected chi connectivity index (χ0v) is 13.7. The van der Waals surface area contributed by atoms with Crippen LogP contribution in [-0.2, 0) is 9.53 Å². The van der Waals surface area contributed by atoms with Crippen LogP contribution in [0.3, 0.4) is 0 Å². The molecule has 2 N–H and O–H groups in total. The molecule has 0 aliphatic heterocycles. The van der Waals surface area contributed by atoms with Crippen LogP contribution in [0.25, 0.3) is 22.2 Å². The van der Waals surface area contributed by atoms with E-state index in [-0.39, 0.29) is 23.8 Å². The van der Waals surface area contributed by atoms with E-state index in [0.29, 0.717) is 22.2 Å². The molecular weight excluding hydrogens is 341 g/mol. The number of methoxy groups -OCH3 is 1. The highest BCUT2D eigenvalue weighted by Gasteiger charge is 2.17. The molecule has 26 heavy (non-hydrogen) atoms. The van der Waals surface area contributed by atoms with Crippen molar-refractivity contribution in [3.05, 3.63) is 54.1 Å². The SMILES string of the molecule is COC(=O)CNC(=O)c1ncc2nc(-c3cccc(F)c3)ccc2c1O. The Morgan fingerprint density at radius 2 is 2.08 bits per heavy atom. The van der Waals surface area contributed by atoms with Crippen LogP contribution in [0.4, 0.5) is 4.39 Å². The highest BCUT2D eigenvalue weighted by molar-refractivity contribution is 6.01. The molecule has 0 saturated carbocycles. The molecule has 0 bridgehead atoms. The number of pyridine rings is 2. The minimum atomic E-state index is -0.719. The van der Waals surface area contributed by atoms with Crippen LogP contribution in [0.2, 0.25) is 0 Å². The van der Waals surface area contributed by atoms with Crippen LogP contribution in [0.5, 0.6) is 5.75 Å². The second-order valence-corrected chi connectivity index (χ2v) is 5.35. The van der Waals surface area contributed by atoms with E-state index in [1.807, 2.05) is 0 Å². The van der Waals surface area contributed by atoms with Gasteiger partial charge in [0.25, 0.3) is 5.91 Å². The molecule has 0 aliphatic carbocycles. The molecule has 0 radical (unpaired) electrons. The van der Waals surface area contributed by atoms with Gasteiger partial charge in [-0.3, -0.25) is 9.59 Å². The zero-order chi connectivity index (χ0) is 18.7. The Morgan fingerprint density at radius 3 is 2.81 bits per heavy atom. The summed E-state index contributed by atoms with van der Waals surface area (Å²) in [6.45, 7) is -0.342. The average Bonchev–Trinajstić information content (AvgIpc) is 2.65. The summed E-state index contributed by atoms with van der Waals surface area (Å²) < 4.78 is 17.8. The number of hydrogen-bond donors (Lipinski definition) is 2. The summed E-state index contributed by atoms with van der Waals surface area (Å²) in [5.74, 6) is -2.09. The van der Waals surface area contributed by atoms with Crippen molar-refractivity contribution in [2.45, 2.75) is 0 Å². The number of fused-ring (bicyclic) bond motifs is 1. The van der Waals surface area contributed by atoms with Crippen molar-refractivity contribution in [1.82, 2.24) is 15.3 Å². The van der Waals surface area contributed by atoms with Gasteiger partial charge in [0.05, 0.1) is 24.5 Å². The summed E-state index contributed by atoms with van der Waals surface area (Å²) in [4.78, 5) is 31.4. The molecule has 3 rings (SSSR count). The van der Waals surface area contributed by atoms with Gasteiger partial charge in [0, 0.05) is 10.9 Å². The number of hydrogen-bond acceptors (Lipinski definition) is 6. The molecule has 1 amide bonds. The monoisotopic (exact) mass is 355 g/mol. The van der Waals surface area contributed by atoms with Crippen molar-refractivity contribution in [1.29, 1.82) is 0 Å². The lowest BCUT2D eigenvalue weighted by Gasteiger charge is -2.08. The Bertz CT molecular complexity index is 1010. The highest BCUT2D eigenvalue weighted by Crippen LogP contribution is 2.28. The fourth-order valence-electron chi connectivity index (χ4n) is 2.37. The third-order valence-electron chi connectivity index (χ3n) is 3.68. The molecule has 0 atom stereocenters. The topological polar surface area (TPSA) is 101 Å². The number of nitrogens with one attached hydrogen (secondary N) is 1. The lowest BCUT2D eigenvalue weighted by atomic mass is 10.1. The first-order valence-electron chi connectivity index (χ1n) is 7.59. The number of halogens is 1. The van der Waals surface area contributed by atoms with Gasteiger partial charge in [-0.2, -0.15) is 0 Å². The maximum absolute atomic E-state index is 13.4. The van der Waals surface area contributed by atoms with Gasteiger partial charge in [-0.15, -0.1) is 0 Å². The second kappa shape index (κ2) is 7.14. The Morgan fingerprint density at radius 1 is 1.27 bits per heavy atom. The van der Waals surface area contributed by atoms with Crippen molar-refractivity contribution in [2.24, 2.45) is 0 Å². The first-order chi connectivity index (χ1) is 12.5. The number of amides is 1. The van der Waals surface area contributed by atoms with Crippen molar-refractivity contribution < 1.29 is 23.8 Å². The third-order valence-corrected chi connectivity index (χ3v) is 3.68. The summed E-state index contributed by atoms with van der Waals surface area (Å²) in [5.41, 5.74) is 1.18. The number of ether oxygens (including phenoxy) is 1. The molecule has 0 spiro atoms. The number of nitrogens with zero attached hydrogens (tertiary/aromatic N) is 2. The van der Waals surface area contributed by atoms with Crippen LogP contribution in [0.15, 0.2) is 42.6 Å². The molecule has 8 heteroatoms. The molecule has 0 aliphatic rings. The van der Waals surface area contributed by atoms with Crippen molar-refractivity contribution in [2.75, 3.05) is 13.7 Å². The van der Waals surface area contributed by atoms with Crippen LogP contribution in [-0.4, -0.2) is 40.6 Å². The normalized spacial score (nSPS) is 10.5. The lowest BCUT2D eigenvalue weighted by molar-refractivity contribution is -0.139. The van der Waals surface area contributed by atoms with Crippen molar-refractivity contribution >= 4 is 22.8 Å². The summed E-state index contributed by atoms with van der Waals surface area (Å²) in [5, 5.41) is 12.9. The van der Waals surface area contributed by atoms with E-state index in [4.69, 9.17) is 0 Å². The third kappa shape index (κ3) is 3.44. The number of carbonyl (C=O) groups is 2. The van der Waals surface area contributed by atoms with E-state index in [2.05, 4.69) is 20.0 Å². The minimum absolute atomic E-state index is 0.235. The Labute approximate surface area is 147 Å². The van der Waals surface area contributed by atoms with Crippen molar-refractivity contribution in [3.8, 4) is 17.0 Å². The van der Waals surface area contributed by atoms with Gasteiger partial charge >= 0.3 is 5.97 Å². The quantitative estimate of drug-likeness (QED) is 0.695. The second-order valence-electron chi connectivity index (χ2n) is 5.35. The van der Waals surface area contributed by atoms with Gasteiger partial charge in [0.15, 0.2) is 11.4 Å². The van der Waals surface area contributed by atoms with E-state index in [1.165, 1.54) is 25.4 Å². The summed E-state index contributed by atoms with van der Waals surface area (Å²) in [6.07, 6.45) is 1.32. The number of aromatic nitrogens is 2. The number of esters is 1. The van der Waals surface area contributed by atoms with E-state index < -0.39 is 11.9 Å². The van der Waals surface area contributed by atoms with Gasteiger partial charge in [0.1, 0.15) is 12.4 Å². The van der Waals surface area contributed by atoms with Crippen LogP contribution >= 0.6 is 0 Å². The Kier molecular flexibility index (Phi) is 4.74. The van der Waals surface area contributed by atoms with E-state index in [1.54, 1.807) is 24.3 Å². The molecule has 0 fully saturated rings. The number of carbonyl (C=O) groups excluding carboxylic acids is 2. The van der Waals surface area contributed by atoms with Gasteiger partial charge in [-0.05, 0) is 24.3 Å². The summed E-state index contributed by atoms with van der Waals surface area (Å²) in [7, 11) is 1.20. The smallest absolute Gasteiger partial charge is 0.325 e. The number of benzene rings is 1. The molecule has 2 aromatic heterocycles. The minimum Gasteiger partial charge on any atom is -0.505 e. The predicted octanol–water partition coefficient (Wildman–Crippen LogP) is 2.04. The highest BCUT2D eigenvalue weighted by atomic mass is 19.1. The molecule has 0 unspecified atom stereocenters. The van der Waals surface area contributed by atoms with Crippen molar-refractivity contribution in [3.63, 3.8) is 0 Å². The fraction of sp³-hybridized carbons (Fsp3) is 0.111. The van der Waals surface area contributed by atoms with E-state index in [0.717, 1.165) is 0 Å². The predicted molar refractivity (Wildman–Crippen MR) is 90.9 cm³/mol. The number of rotatable bonds is 4. The molecule has 3 aromatic rings. The lowest BCUT2D eigenvalue weighted by Crippen LogP contribution is -2.30. The Balaban J connectivity index is 1.94. The van der Waals surface area contributed by atoms with E-state index in [9.17, 15) is 19.1 Å². The van der Waals surface area contributed by atoms with Gasteiger partial charge in [-0.1, -0.05) is 12.1 Å². The summed E-state index contributed by atoms with van der Waals surface area (Å²) in [6, 6.07) is 9.12. The molecule has 7 nitrogen and oxygen atoms in total.